The zero-order valence-electron chi connectivity index (χ0n) is 12.5. The van der Waals surface area contributed by atoms with Crippen LogP contribution < -0.4 is 5.32 Å². The van der Waals surface area contributed by atoms with Crippen LogP contribution in [0, 0.1) is 26.7 Å². The van der Waals surface area contributed by atoms with Gasteiger partial charge < -0.3 is 5.32 Å². The Balaban J connectivity index is 1.79. The molecule has 0 spiro atoms. The van der Waals surface area contributed by atoms with E-state index >= 15 is 0 Å². The number of nitrogens with one attached hydrogen (secondary N) is 1. The van der Waals surface area contributed by atoms with Gasteiger partial charge in [-0.1, -0.05) is 12.1 Å². The Morgan fingerprint density at radius 1 is 1.11 bits per heavy atom. The largest absolute Gasteiger partial charge is 0.315 e. The summed E-state index contributed by atoms with van der Waals surface area (Å²) in [5.41, 5.74) is 5.82. The molecule has 0 bridgehead atoms. The van der Waals surface area contributed by atoms with Gasteiger partial charge in [-0.3, -0.25) is 4.90 Å². The highest BCUT2D eigenvalue weighted by Crippen LogP contribution is 2.28. The van der Waals surface area contributed by atoms with E-state index in [-0.39, 0.29) is 0 Å². The first-order valence-electron chi connectivity index (χ1n) is 7.66. The molecule has 0 radical (unpaired) electrons. The fourth-order valence-corrected chi connectivity index (χ4v) is 3.77. The van der Waals surface area contributed by atoms with Crippen molar-refractivity contribution < 1.29 is 0 Å². The van der Waals surface area contributed by atoms with Crippen molar-refractivity contribution in [2.24, 2.45) is 5.92 Å². The van der Waals surface area contributed by atoms with E-state index in [1.54, 1.807) is 0 Å². The van der Waals surface area contributed by atoms with Crippen molar-refractivity contribution in [2.75, 3.05) is 19.6 Å². The fraction of sp³-hybridized carbons (Fsp3) is 0.647. The van der Waals surface area contributed by atoms with Crippen LogP contribution in [0.25, 0.3) is 0 Å². The third-order valence-corrected chi connectivity index (χ3v) is 5.12. The maximum absolute atomic E-state index is 3.57. The van der Waals surface area contributed by atoms with Crippen LogP contribution >= 0.6 is 0 Å². The van der Waals surface area contributed by atoms with Crippen LogP contribution in [0.1, 0.15) is 35.1 Å². The summed E-state index contributed by atoms with van der Waals surface area (Å²) in [6, 6.07) is 5.52. The summed E-state index contributed by atoms with van der Waals surface area (Å²) in [4.78, 5) is 2.71. The van der Waals surface area contributed by atoms with Crippen LogP contribution in [0.4, 0.5) is 0 Å². The summed E-state index contributed by atoms with van der Waals surface area (Å²) in [7, 11) is 0. The second-order valence-corrected chi connectivity index (χ2v) is 6.46. The molecule has 1 aromatic carbocycles. The Hall–Kier alpha value is -0.860. The standard InChI is InChI=1S/C17H26N2/c1-12-7-14(3)16(8-13(12)2)11-19-6-4-5-15-9-18-10-17(15)19/h7-8,15,17-18H,4-6,9-11H2,1-3H3. The van der Waals surface area contributed by atoms with Crippen LogP contribution in [-0.2, 0) is 6.54 Å². The average Bonchev–Trinajstić information content (AvgIpc) is 2.85. The maximum Gasteiger partial charge on any atom is 0.0264 e. The highest BCUT2D eigenvalue weighted by atomic mass is 15.2. The number of piperidine rings is 1. The normalized spacial score (nSPS) is 27.5. The predicted octanol–water partition coefficient (Wildman–Crippen LogP) is 2.80. The van der Waals surface area contributed by atoms with Crippen LogP contribution in [0.5, 0.6) is 0 Å². The summed E-state index contributed by atoms with van der Waals surface area (Å²) in [5.74, 6) is 0.889. The van der Waals surface area contributed by atoms with E-state index in [0.29, 0.717) is 0 Å². The predicted molar refractivity (Wildman–Crippen MR) is 80.4 cm³/mol. The molecular formula is C17H26N2. The van der Waals surface area contributed by atoms with E-state index in [2.05, 4.69) is 43.1 Å². The van der Waals surface area contributed by atoms with Crippen molar-refractivity contribution in [2.45, 2.75) is 46.2 Å². The average molecular weight is 258 g/mol. The number of benzene rings is 1. The highest BCUT2D eigenvalue weighted by molar-refractivity contribution is 5.36. The number of hydrogen-bond donors (Lipinski definition) is 1. The molecule has 2 heteroatoms. The summed E-state index contributed by atoms with van der Waals surface area (Å²) < 4.78 is 0. The molecular weight excluding hydrogens is 232 g/mol. The fourth-order valence-electron chi connectivity index (χ4n) is 3.77. The van der Waals surface area contributed by atoms with Crippen molar-refractivity contribution in [3.05, 3.63) is 34.4 Å². The van der Waals surface area contributed by atoms with Gasteiger partial charge in [0.1, 0.15) is 0 Å². The van der Waals surface area contributed by atoms with E-state index in [4.69, 9.17) is 0 Å². The molecule has 104 valence electrons. The minimum Gasteiger partial charge on any atom is -0.315 e. The van der Waals surface area contributed by atoms with E-state index in [0.717, 1.165) is 18.5 Å². The van der Waals surface area contributed by atoms with Gasteiger partial charge in [0, 0.05) is 19.1 Å². The van der Waals surface area contributed by atoms with E-state index < -0.39 is 0 Å². The molecule has 3 rings (SSSR count). The molecule has 2 heterocycles. The molecule has 2 aliphatic heterocycles. The third kappa shape index (κ3) is 2.56. The third-order valence-electron chi connectivity index (χ3n) is 5.12. The monoisotopic (exact) mass is 258 g/mol. The zero-order valence-corrected chi connectivity index (χ0v) is 12.5. The number of rotatable bonds is 2. The highest BCUT2D eigenvalue weighted by Gasteiger charge is 2.34. The first-order valence-corrected chi connectivity index (χ1v) is 7.66. The smallest absolute Gasteiger partial charge is 0.0264 e. The SMILES string of the molecule is Cc1cc(C)c(CN2CCCC3CNCC32)cc1C. The van der Waals surface area contributed by atoms with E-state index in [9.17, 15) is 0 Å². The van der Waals surface area contributed by atoms with E-state index in [1.165, 1.54) is 54.7 Å². The van der Waals surface area contributed by atoms with Crippen molar-refractivity contribution in [3.8, 4) is 0 Å². The molecule has 2 saturated heterocycles. The van der Waals surface area contributed by atoms with Gasteiger partial charge in [0.25, 0.3) is 0 Å². The topological polar surface area (TPSA) is 15.3 Å². The van der Waals surface area contributed by atoms with Crippen molar-refractivity contribution in [1.82, 2.24) is 10.2 Å². The van der Waals surface area contributed by atoms with Gasteiger partial charge >= 0.3 is 0 Å². The lowest BCUT2D eigenvalue weighted by molar-refractivity contribution is 0.117. The lowest BCUT2D eigenvalue weighted by Crippen LogP contribution is -2.44. The molecule has 19 heavy (non-hydrogen) atoms. The van der Waals surface area contributed by atoms with Crippen LogP contribution in [-0.4, -0.2) is 30.6 Å². The summed E-state index contributed by atoms with van der Waals surface area (Å²) >= 11 is 0. The quantitative estimate of drug-likeness (QED) is 0.877. The van der Waals surface area contributed by atoms with Gasteiger partial charge in [0.05, 0.1) is 0 Å². The lowest BCUT2D eigenvalue weighted by atomic mass is 9.91. The summed E-state index contributed by atoms with van der Waals surface area (Å²) in [6.45, 7) is 11.5. The Morgan fingerprint density at radius 3 is 2.74 bits per heavy atom. The van der Waals surface area contributed by atoms with Gasteiger partial charge in [0.15, 0.2) is 0 Å². The zero-order chi connectivity index (χ0) is 13.4. The van der Waals surface area contributed by atoms with Gasteiger partial charge in [0.2, 0.25) is 0 Å². The first-order chi connectivity index (χ1) is 9.15. The van der Waals surface area contributed by atoms with E-state index in [1.807, 2.05) is 0 Å². The molecule has 2 aliphatic rings. The number of hydrogen-bond acceptors (Lipinski definition) is 2. The van der Waals surface area contributed by atoms with Crippen molar-refractivity contribution >= 4 is 0 Å². The molecule has 2 fully saturated rings. The number of likely N-dealkylation sites (tertiary alicyclic amines) is 1. The van der Waals surface area contributed by atoms with Gasteiger partial charge in [-0.25, -0.2) is 0 Å². The molecule has 2 nitrogen and oxygen atoms in total. The lowest BCUT2D eigenvalue weighted by Gasteiger charge is -2.37. The number of aryl methyl sites for hydroxylation is 3. The molecule has 0 amide bonds. The van der Waals surface area contributed by atoms with Gasteiger partial charge in [-0.15, -0.1) is 0 Å². The first kappa shape index (κ1) is 13.1. The summed E-state index contributed by atoms with van der Waals surface area (Å²) in [6.07, 6.45) is 2.78. The minimum absolute atomic E-state index is 0.773. The van der Waals surface area contributed by atoms with Gasteiger partial charge in [-0.2, -0.15) is 0 Å². The second-order valence-electron chi connectivity index (χ2n) is 6.46. The Labute approximate surface area is 117 Å². The van der Waals surface area contributed by atoms with Gasteiger partial charge in [-0.05, 0) is 74.9 Å². The number of nitrogens with zero attached hydrogens (tertiary/aromatic N) is 1. The molecule has 0 saturated carbocycles. The van der Waals surface area contributed by atoms with Crippen LogP contribution in [0.3, 0.4) is 0 Å². The summed E-state index contributed by atoms with van der Waals surface area (Å²) in [5, 5.41) is 3.57. The second kappa shape index (κ2) is 5.26. The van der Waals surface area contributed by atoms with Crippen molar-refractivity contribution in [3.63, 3.8) is 0 Å². The molecule has 0 aliphatic carbocycles. The minimum atomic E-state index is 0.773. The molecule has 2 atom stereocenters. The van der Waals surface area contributed by atoms with Crippen LogP contribution in [0.15, 0.2) is 12.1 Å². The Morgan fingerprint density at radius 2 is 1.89 bits per heavy atom. The number of fused-ring (bicyclic) bond motifs is 1. The Kier molecular flexibility index (Phi) is 3.64. The molecule has 0 aromatic heterocycles. The Bertz CT molecular complexity index is 467. The molecule has 1 N–H and O–H groups in total. The molecule has 2 unspecified atom stereocenters. The van der Waals surface area contributed by atoms with Crippen LogP contribution in [0.2, 0.25) is 0 Å². The maximum atomic E-state index is 3.57. The van der Waals surface area contributed by atoms with Crippen molar-refractivity contribution in [1.29, 1.82) is 0 Å². The molecule has 1 aromatic rings.